The topological polar surface area (TPSA) is 82.1 Å². The van der Waals surface area contributed by atoms with Crippen LogP contribution in [0, 0.1) is 0 Å². The molecule has 186 valence electrons. The smallest absolute Gasteiger partial charge is 0.330 e. The van der Waals surface area contributed by atoms with Gasteiger partial charge in [0, 0.05) is 11.6 Å². The van der Waals surface area contributed by atoms with Gasteiger partial charge >= 0.3 is 5.97 Å². The minimum absolute atomic E-state index is 0.332. The van der Waals surface area contributed by atoms with Gasteiger partial charge in [0.2, 0.25) is 0 Å². The molecule has 0 aliphatic rings. The Hall–Kier alpha value is -4.26. The zero-order chi connectivity index (χ0) is 25.8. The van der Waals surface area contributed by atoms with Gasteiger partial charge in [-0.1, -0.05) is 67.2 Å². The first-order chi connectivity index (χ1) is 18.1. The van der Waals surface area contributed by atoms with Crippen molar-refractivity contribution >= 4 is 44.6 Å². The number of unbranched alkanes of at least 4 members (excludes halogenated alkanes) is 1. The molecule has 6 nitrogen and oxygen atoms in total. The number of carbonyl (C=O) groups is 2. The van der Waals surface area contributed by atoms with Crippen LogP contribution in [0.15, 0.2) is 85.5 Å². The first-order valence-corrected chi connectivity index (χ1v) is 12.1. The Morgan fingerprint density at radius 2 is 1.49 bits per heavy atom. The quantitative estimate of drug-likeness (QED) is 0.0411. The third-order valence-electron chi connectivity index (χ3n) is 6.65. The molecule has 6 heteroatoms. The zero-order valence-electron chi connectivity index (χ0n) is 20.2. The molecular formula is C31H26O6. The van der Waals surface area contributed by atoms with Gasteiger partial charge < -0.3 is 9.47 Å². The molecule has 37 heavy (non-hydrogen) atoms. The monoisotopic (exact) mass is 494 g/mol. The van der Waals surface area contributed by atoms with Crippen LogP contribution in [0.1, 0.15) is 40.4 Å². The number of hydrogen-bond acceptors (Lipinski definition) is 6. The van der Waals surface area contributed by atoms with Crippen LogP contribution in [0.2, 0.25) is 0 Å². The normalized spacial score (nSPS) is 12.1. The van der Waals surface area contributed by atoms with Crippen molar-refractivity contribution in [1.29, 1.82) is 0 Å². The largest absolute Gasteiger partial charge is 0.494 e. The number of benzene rings is 5. The van der Waals surface area contributed by atoms with E-state index in [1.807, 2.05) is 72.8 Å². The van der Waals surface area contributed by atoms with Crippen LogP contribution in [0.5, 0.6) is 5.75 Å². The van der Waals surface area contributed by atoms with Crippen LogP contribution >= 0.6 is 0 Å². The van der Waals surface area contributed by atoms with Crippen LogP contribution in [0.3, 0.4) is 0 Å². The lowest BCUT2D eigenvalue weighted by atomic mass is 9.88. The SMILES string of the molecule is C=CC(=O)OCCCCOc1ccc(C(OO)c2ccc3ccc4c(C=O)ccc5ccc2c3c54)cc1. The van der Waals surface area contributed by atoms with Gasteiger partial charge in [-0.2, -0.15) is 0 Å². The van der Waals surface area contributed by atoms with Gasteiger partial charge in [-0.25, -0.2) is 9.68 Å². The molecule has 0 spiro atoms. The second kappa shape index (κ2) is 10.8. The average molecular weight is 495 g/mol. The van der Waals surface area contributed by atoms with Crippen molar-refractivity contribution in [3.05, 3.63) is 102 Å². The molecule has 0 amide bonds. The summed E-state index contributed by atoms with van der Waals surface area (Å²) in [4.78, 5) is 27.7. The van der Waals surface area contributed by atoms with Crippen LogP contribution < -0.4 is 4.74 Å². The molecule has 1 atom stereocenters. The van der Waals surface area contributed by atoms with E-state index in [1.165, 1.54) is 0 Å². The van der Waals surface area contributed by atoms with Crippen molar-refractivity contribution < 1.29 is 29.2 Å². The predicted octanol–water partition coefficient (Wildman–Crippen LogP) is 6.86. The van der Waals surface area contributed by atoms with Crippen molar-refractivity contribution in [3.63, 3.8) is 0 Å². The van der Waals surface area contributed by atoms with Gasteiger partial charge in [-0.15, -0.1) is 0 Å². The molecule has 0 heterocycles. The second-order valence-electron chi connectivity index (χ2n) is 8.83. The van der Waals surface area contributed by atoms with Crippen molar-refractivity contribution in [2.24, 2.45) is 0 Å². The summed E-state index contributed by atoms with van der Waals surface area (Å²) >= 11 is 0. The Bertz CT molecular complexity index is 1570. The molecule has 1 unspecified atom stereocenters. The molecule has 5 rings (SSSR count). The Kier molecular flexibility index (Phi) is 7.12. The molecule has 1 N–H and O–H groups in total. The van der Waals surface area contributed by atoms with Gasteiger partial charge in [-0.3, -0.25) is 10.1 Å². The lowest BCUT2D eigenvalue weighted by molar-refractivity contribution is -0.270. The van der Waals surface area contributed by atoms with E-state index >= 15 is 0 Å². The highest BCUT2D eigenvalue weighted by Gasteiger charge is 2.21. The third kappa shape index (κ3) is 4.77. The number of rotatable bonds is 11. The number of hydrogen-bond donors (Lipinski definition) is 1. The van der Waals surface area contributed by atoms with Crippen LogP contribution in [0.25, 0.3) is 32.3 Å². The predicted molar refractivity (Wildman–Crippen MR) is 143 cm³/mol. The van der Waals surface area contributed by atoms with Crippen molar-refractivity contribution in [2.75, 3.05) is 13.2 Å². The summed E-state index contributed by atoms with van der Waals surface area (Å²) in [5.74, 6) is 0.271. The highest BCUT2D eigenvalue weighted by Crippen LogP contribution is 2.40. The summed E-state index contributed by atoms with van der Waals surface area (Å²) in [6, 6.07) is 23.3. The van der Waals surface area contributed by atoms with E-state index < -0.39 is 12.1 Å². The van der Waals surface area contributed by atoms with E-state index in [1.54, 1.807) is 0 Å². The molecule has 0 aliphatic heterocycles. The molecule has 0 saturated carbocycles. The van der Waals surface area contributed by atoms with Gasteiger partial charge in [0.05, 0.1) is 13.2 Å². The van der Waals surface area contributed by atoms with E-state index in [0.29, 0.717) is 30.9 Å². The summed E-state index contributed by atoms with van der Waals surface area (Å²) in [5, 5.41) is 16.0. The molecule has 0 fully saturated rings. The molecule has 0 aliphatic carbocycles. The Morgan fingerprint density at radius 3 is 2.19 bits per heavy atom. The number of ether oxygens (including phenoxy) is 2. The van der Waals surface area contributed by atoms with Crippen LogP contribution in [0.4, 0.5) is 0 Å². The summed E-state index contributed by atoms with van der Waals surface area (Å²) < 4.78 is 10.7. The van der Waals surface area contributed by atoms with Gasteiger partial charge in [0.1, 0.15) is 11.9 Å². The van der Waals surface area contributed by atoms with Gasteiger partial charge in [0.15, 0.2) is 6.29 Å². The summed E-state index contributed by atoms with van der Waals surface area (Å²) in [6.45, 7) is 4.19. The number of carbonyl (C=O) groups excluding carboxylic acids is 2. The lowest BCUT2D eigenvalue weighted by Crippen LogP contribution is -2.06. The second-order valence-corrected chi connectivity index (χ2v) is 8.83. The highest BCUT2D eigenvalue weighted by molar-refractivity contribution is 6.25. The molecule has 0 bridgehead atoms. The van der Waals surface area contributed by atoms with E-state index in [0.717, 1.165) is 62.2 Å². The van der Waals surface area contributed by atoms with E-state index in [2.05, 4.69) is 6.58 Å². The van der Waals surface area contributed by atoms with Crippen LogP contribution in [-0.4, -0.2) is 30.7 Å². The van der Waals surface area contributed by atoms with Crippen molar-refractivity contribution in [3.8, 4) is 5.75 Å². The molecule has 0 radical (unpaired) electrons. The maximum absolute atomic E-state index is 11.7. The van der Waals surface area contributed by atoms with Crippen molar-refractivity contribution in [1.82, 2.24) is 0 Å². The molecule has 0 saturated heterocycles. The zero-order valence-corrected chi connectivity index (χ0v) is 20.2. The first-order valence-electron chi connectivity index (χ1n) is 12.1. The molecule has 5 aromatic carbocycles. The number of aldehydes is 1. The van der Waals surface area contributed by atoms with Crippen molar-refractivity contribution in [2.45, 2.75) is 18.9 Å². The minimum Gasteiger partial charge on any atom is -0.494 e. The number of esters is 1. The fourth-order valence-electron chi connectivity index (χ4n) is 4.84. The first kappa shape index (κ1) is 24.4. The standard InChI is InChI=1S/C31H26O6/c1-2-28(33)36-18-4-3-17-35-24-12-7-22(8-13-24)31(37-34)27-16-11-21-9-14-25-23(19-32)6-5-20-10-15-26(27)30(21)29(20)25/h2,5-16,19,31,34H,1,3-4,17-18H2. The Morgan fingerprint density at radius 1 is 0.838 bits per heavy atom. The van der Waals surface area contributed by atoms with Gasteiger partial charge in [0.25, 0.3) is 0 Å². The fraction of sp³-hybridized carbons (Fsp3) is 0.161. The summed E-state index contributed by atoms with van der Waals surface area (Å²) in [5.41, 5.74) is 2.24. The molecule has 0 aromatic heterocycles. The summed E-state index contributed by atoms with van der Waals surface area (Å²) in [6.07, 6.45) is 2.76. The average Bonchev–Trinajstić information content (AvgIpc) is 2.95. The Labute approximate surface area is 213 Å². The highest BCUT2D eigenvalue weighted by atomic mass is 17.1. The maximum Gasteiger partial charge on any atom is 0.330 e. The molecule has 5 aromatic rings. The van der Waals surface area contributed by atoms with E-state index in [4.69, 9.17) is 14.4 Å². The van der Waals surface area contributed by atoms with E-state index in [-0.39, 0.29) is 0 Å². The fourth-order valence-corrected chi connectivity index (χ4v) is 4.84. The van der Waals surface area contributed by atoms with Crippen LogP contribution in [-0.2, 0) is 14.4 Å². The molecular weight excluding hydrogens is 468 g/mol. The van der Waals surface area contributed by atoms with Gasteiger partial charge in [-0.05, 0) is 68.4 Å². The van der Waals surface area contributed by atoms with E-state index in [9.17, 15) is 14.8 Å². The third-order valence-corrected chi connectivity index (χ3v) is 6.65. The maximum atomic E-state index is 11.7. The Balaban J connectivity index is 1.39. The lowest BCUT2D eigenvalue weighted by Gasteiger charge is -2.20. The minimum atomic E-state index is -0.705. The summed E-state index contributed by atoms with van der Waals surface area (Å²) in [7, 11) is 0.